The monoisotopic (exact) mass is 337 g/mol. The molecule has 0 aromatic heterocycles. The standard InChI is InChI=1S/C22H27NO2/c1-3-21(22(24)23-16(2)17-9-5-4-6-10-17)25-20-14-13-18-11-7-8-12-19(18)15-20/h4-6,9-10,13-16,21H,3,7-8,11-12H2,1-2H3,(H,23,24)/t16-,21+/m1/s1. The van der Waals surface area contributed by atoms with E-state index in [1.54, 1.807) is 0 Å². The van der Waals surface area contributed by atoms with Gasteiger partial charge in [-0.05, 0) is 67.9 Å². The molecule has 2 atom stereocenters. The van der Waals surface area contributed by atoms with Crippen LogP contribution in [-0.2, 0) is 17.6 Å². The molecule has 2 aromatic carbocycles. The predicted octanol–water partition coefficient (Wildman–Crippen LogP) is 4.60. The molecule has 3 nitrogen and oxygen atoms in total. The number of carbonyl (C=O) groups excluding carboxylic acids is 1. The van der Waals surface area contributed by atoms with Gasteiger partial charge in [0.1, 0.15) is 5.75 Å². The lowest BCUT2D eigenvalue weighted by Crippen LogP contribution is -2.39. The Bertz CT molecular complexity index is 711. The summed E-state index contributed by atoms with van der Waals surface area (Å²) in [7, 11) is 0. The van der Waals surface area contributed by atoms with Crippen molar-refractivity contribution in [3.05, 3.63) is 65.2 Å². The number of nitrogens with one attached hydrogen (secondary N) is 1. The Labute approximate surface area is 150 Å². The Kier molecular flexibility index (Phi) is 5.75. The Morgan fingerprint density at radius 3 is 2.52 bits per heavy atom. The summed E-state index contributed by atoms with van der Waals surface area (Å²) in [4.78, 5) is 12.6. The average molecular weight is 337 g/mol. The number of amides is 1. The third kappa shape index (κ3) is 4.41. The third-order valence-electron chi connectivity index (χ3n) is 4.92. The van der Waals surface area contributed by atoms with E-state index < -0.39 is 6.10 Å². The summed E-state index contributed by atoms with van der Waals surface area (Å²) in [5.41, 5.74) is 3.89. The molecule has 3 rings (SSSR count). The van der Waals surface area contributed by atoms with E-state index in [1.165, 1.54) is 24.0 Å². The first-order chi connectivity index (χ1) is 12.2. The Hall–Kier alpha value is -2.29. The fraction of sp³-hybridized carbons (Fsp3) is 0.409. The highest BCUT2D eigenvalue weighted by atomic mass is 16.5. The second kappa shape index (κ2) is 8.19. The molecule has 1 aliphatic rings. The molecular formula is C22H27NO2. The van der Waals surface area contributed by atoms with E-state index in [4.69, 9.17) is 4.74 Å². The molecule has 2 aromatic rings. The van der Waals surface area contributed by atoms with Gasteiger partial charge in [0, 0.05) is 0 Å². The molecule has 0 bridgehead atoms. The van der Waals surface area contributed by atoms with Gasteiger partial charge < -0.3 is 10.1 Å². The van der Waals surface area contributed by atoms with E-state index in [9.17, 15) is 4.79 Å². The van der Waals surface area contributed by atoms with Gasteiger partial charge in [0.05, 0.1) is 6.04 Å². The van der Waals surface area contributed by atoms with Crippen molar-refractivity contribution in [1.82, 2.24) is 5.32 Å². The van der Waals surface area contributed by atoms with Gasteiger partial charge in [-0.1, -0.05) is 43.3 Å². The summed E-state index contributed by atoms with van der Waals surface area (Å²) in [5.74, 6) is 0.742. The summed E-state index contributed by atoms with van der Waals surface area (Å²) in [6.45, 7) is 3.98. The predicted molar refractivity (Wildman–Crippen MR) is 101 cm³/mol. The second-order valence-corrected chi connectivity index (χ2v) is 6.79. The average Bonchev–Trinajstić information content (AvgIpc) is 2.66. The molecule has 1 N–H and O–H groups in total. The Morgan fingerprint density at radius 1 is 1.08 bits per heavy atom. The molecule has 0 saturated carbocycles. The van der Waals surface area contributed by atoms with Crippen molar-refractivity contribution in [2.75, 3.05) is 0 Å². The number of benzene rings is 2. The molecule has 25 heavy (non-hydrogen) atoms. The summed E-state index contributed by atoms with van der Waals surface area (Å²) in [6, 6.07) is 16.2. The molecule has 0 radical (unpaired) electrons. The maximum Gasteiger partial charge on any atom is 0.261 e. The van der Waals surface area contributed by atoms with Crippen LogP contribution in [0.2, 0.25) is 0 Å². The van der Waals surface area contributed by atoms with E-state index in [0.29, 0.717) is 6.42 Å². The van der Waals surface area contributed by atoms with Gasteiger partial charge >= 0.3 is 0 Å². The molecule has 0 fully saturated rings. The van der Waals surface area contributed by atoms with Crippen LogP contribution >= 0.6 is 0 Å². The minimum atomic E-state index is -0.465. The summed E-state index contributed by atoms with van der Waals surface area (Å²) in [5, 5.41) is 3.07. The second-order valence-electron chi connectivity index (χ2n) is 6.79. The van der Waals surface area contributed by atoms with E-state index in [0.717, 1.165) is 24.2 Å². The molecule has 132 valence electrons. The molecule has 1 amide bonds. The summed E-state index contributed by atoms with van der Waals surface area (Å²) < 4.78 is 6.02. The van der Waals surface area contributed by atoms with Crippen molar-refractivity contribution in [3.8, 4) is 5.75 Å². The van der Waals surface area contributed by atoms with Crippen LogP contribution in [0.4, 0.5) is 0 Å². The topological polar surface area (TPSA) is 38.3 Å². The highest BCUT2D eigenvalue weighted by Gasteiger charge is 2.21. The highest BCUT2D eigenvalue weighted by Crippen LogP contribution is 2.26. The zero-order valence-electron chi connectivity index (χ0n) is 15.1. The maximum absolute atomic E-state index is 12.6. The van der Waals surface area contributed by atoms with Crippen molar-refractivity contribution in [3.63, 3.8) is 0 Å². The first-order valence-corrected chi connectivity index (χ1v) is 9.31. The van der Waals surface area contributed by atoms with Gasteiger partial charge in [-0.25, -0.2) is 0 Å². The Morgan fingerprint density at radius 2 is 1.80 bits per heavy atom. The fourth-order valence-electron chi connectivity index (χ4n) is 3.40. The number of aryl methyl sites for hydroxylation is 2. The van der Waals surface area contributed by atoms with Crippen molar-refractivity contribution in [1.29, 1.82) is 0 Å². The van der Waals surface area contributed by atoms with Crippen LogP contribution in [0.1, 0.15) is 55.8 Å². The van der Waals surface area contributed by atoms with Crippen molar-refractivity contribution in [2.24, 2.45) is 0 Å². The molecule has 0 saturated heterocycles. The van der Waals surface area contributed by atoms with Crippen LogP contribution in [-0.4, -0.2) is 12.0 Å². The lowest BCUT2D eigenvalue weighted by molar-refractivity contribution is -0.128. The number of carbonyl (C=O) groups is 1. The SMILES string of the molecule is CC[C@H](Oc1ccc2c(c1)CCCC2)C(=O)N[C@H](C)c1ccccc1. The van der Waals surface area contributed by atoms with Gasteiger partial charge in [0.2, 0.25) is 0 Å². The van der Waals surface area contributed by atoms with E-state index >= 15 is 0 Å². The van der Waals surface area contributed by atoms with Crippen LogP contribution in [0.5, 0.6) is 5.75 Å². The summed E-state index contributed by atoms with van der Waals surface area (Å²) in [6.07, 6.45) is 4.95. The first kappa shape index (κ1) is 17.5. The van der Waals surface area contributed by atoms with E-state index in [2.05, 4.69) is 17.4 Å². The van der Waals surface area contributed by atoms with Crippen LogP contribution in [0, 0.1) is 0 Å². The van der Waals surface area contributed by atoms with Crippen molar-refractivity contribution >= 4 is 5.91 Å². The summed E-state index contributed by atoms with van der Waals surface area (Å²) >= 11 is 0. The van der Waals surface area contributed by atoms with Gasteiger partial charge in [0.25, 0.3) is 5.91 Å². The van der Waals surface area contributed by atoms with Crippen LogP contribution in [0.15, 0.2) is 48.5 Å². The zero-order chi connectivity index (χ0) is 17.6. The highest BCUT2D eigenvalue weighted by molar-refractivity contribution is 5.81. The normalized spacial score (nSPS) is 15.8. The number of hydrogen-bond donors (Lipinski definition) is 1. The van der Waals surface area contributed by atoms with Gasteiger partial charge in [-0.3, -0.25) is 4.79 Å². The molecule has 0 aliphatic heterocycles. The fourth-order valence-corrected chi connectivity index (χ4v) is 3.40. The van der Waals surface area contributed by atoms with Crippen LogP contribution < -0.4 is 10.1 Å². The molecular weight excluding hydrogens is 310 g/mol. The van der Waals surface area contributed by atoms with Crippen LogP contribution in [0.3, 0.4) is 0 Å². The molecule has 3 heteroatoms. The number of fused-ring (bicyclic) bond motifs is 1. The Balaban J connectivity index is 1.64. The van der Waals surface area contributed by atoms with Crippen molar-refractivity contribution in [2.45, 2.75) is 58.1 Å². The van der Waals surface area contributed by atoms with Crippen LogP contribution in [0.25, 0.3) is 0 Å². The lowest BCUT2D eigenvalue weighted by Gasteiger charge is -2.22. The van der Waals surface area contributed by atoms with E-state index in [1.807, 2.05) is 50.2 Å². The first-order valence-electron chi connectivity index (χ1n) is 9.31. The lowest BCUT2D eigenvalue weighted by atomic mass is 9.92. The maximum atomic E-state index is 12.6. The number of ether oxygens (including phenoxy) is 1. The minimum absolute atomic E-state index is 0.0325. The van der Waals surface area contributed by atoms with Gasteiger partial charge in [0.15, 0.2) is 6.10 Å². The third-order valence-corrected chi connectivity index (χ3v) is 4.92. The van der Waals surface area contributed by atoms with Gasteiger partial charge in [-0.15, -0.1) is 0 Å². The van der Waals surface area contributed by atoms with Gasteiger partial charge in [-0.2, -0.15) is 0 Å². The van der Waals surface area contributed by atoms with Crippen molar-refractivity contribution < 1.29 is 9.53 Å². The van der Waals surface area contributed by atoms with E-state index in [-0.39, 0.29) is 11.9 Å². The minimum Gasteiger partial charge on any atom is -0.481 e. The number of hydrogen-bond acceptors (Lipinski definition) is 2. The quantitative estimate of drug-likeness (QED) is 0.836. The zero-order valence-corrected chi connectivity index (χ0v) is 15.1. The molecule has 0 unspecified atom stereocenters. The molecule has 1 aliphatic carbocycles. The molecule has 0 heterocycles. The smallest absolute Gasteiger partial charge is 0.261 e. The largest absolute Gasteiger partial charge is 0.481 e. The molecule has 0 spiro atoms. The number of rotatable bonds is 6.